The van der Waals surface area contributed by atoms with Crippen molar-refractivity contribution in [1.82, 2.24) is 20.1 Å². The normalized spacial score (nSPS) is 11.0. The lowest BCUT2D eigenvalue weighted by molar-refractivity contribution is 0.0952. The molecule has 33 heavy (non-hydrogen) atoms. The highest BCUT2D eigenvalue weighted by atomic mass is 16.5. The lowest BCUT2D eigenvalue weighted by Gasteiger charge is -2.12. The highest BCUT2D eigenvalue weighted by Crippen LogP contribution is 2.27. The summed E-state index contributed by atoms with van der Waals surface area (Å²) in [5, 5.41) is 8.48. The second kappa shape index (κ2) is 8.94. The van der Waals surface area contributed by atoms with Gasteiger partial charge in [0.25, 0.3) is 5.91 Å². The largest absolute Gasteiger partial charge is 0.497 e. The zero-order chi connectivity index (χ0) is 23.7. The first-order chi connectivity index (χ1) is 15.8. The molecule has 0 bridgehead atoms. The van der Waals surface area contributed by atoms with Gasteiger partial charge in [0.1, 0.15) is 11.5 Å². The maximum Gasteiger partial charge on any atom is 0.252 e. The van der Waals surface area contributed by atoms with Crippen molar-refractivity contribution < 1.29 is 14.3 Å². The lowest BCUT2D eigenvalue weighted by atomic mass is 10.1. The summed E-state index contributed by atoms with van der Waals surface area (Å²) in [6.07, 6.45) is 0. The molecule has 2 aromatic heterocycles. The predicted octanol–water partition coefficient (Wildman–Crippen LogP) is 4.60. The van der Waals surface area contributed by atoms with Crippen LogP contribution in [-0.4, -0.2) is 34.9 Å². The zero-order valence-electron chi connectivity index (χ0n) is 19.8. The van der Waals surface area contributed by atoms with Crippen molar-refractivity contribution in [2.24, 2.45) is 0 Å². The van der Waals surface area contributed by atoms with E-state index < -0.39 is 0 Å². The van der Waals surface area contributed by atoms with Crippen LogP contribution in [0.5, 0.6) is 11.5 Å². The molecular formula is C26H28N4O3. The molecule has 1 amide bonds. The number of methoxy groups -OCH3 is 2. The van der Waals surface area contributed by atoms with Crippen molar-refractivity contribution in [2.45, 2.75) is 34.2 Å². The van der Waals surface area contributed by atoms with Crippen LogP contribution >= 0.6 is 0 Å². The van der Waals surface area contributed by atoms with E-state index in [1.165, 1.54) is 11.1 Å². The fourth-order valence-electron chi connectivity index (χ4n) is 3.92. The van der Waals surface area contributed by atoms with Crippen LogP contribution in [0.4, 0.5) is 0 Å². The Kier molecular flexibility index (Phi) is 6.05. The number of carbonyl (C=O) groups excluding carboxylic acids is 1. The molecule has 0 aliphatic heterocycles. The van der Waals surface area contributed by atoms with E-state index in [2.05, 4.69) is 31.3 Å². The second-order valence-corrected chi connectivity index (χ2v) is 8.14. The first kappa shape index (κ1) is 22.3. The number of hydrogen-bond acceptors (Lipinski definition) is 5. The molecule has 0 spiro atoms. The third kappa shape index (κ3) is 4.26. The van der Waals surface area contributed by atoms with Gasteiger partial charge in [0.05, 0.1) is 36.6 Å². The van der Waals surface area contributed by atoms with Gasteiger partial charge in [0.2, 0.25) is 0 Å². The van der Waals surface area contributed by atoms with Gasteiger partial charge in [-0.3, -0.25) is 4.79 Å². The van der Waals surface area contributed by atoms with E-state index in [1.54, 1.807) is 20.3 Å². The fourth-order valence-corrected chi connectivity index (χ4v) is 3.92. The molecule has 170 valence electrons. The zero-order valence-corrected chi connectivity index (χ0v) is 19.8. The molecule has 0 radical (unpaired) electrons. The number of fused-ring (bicyclic) bond motifs is 1. The molecule has 0 fully saturated rings. The Bertz CT molecular complexity index is 1360. The monoisotopic (exact) mass is 444 g/mol. The number of pyridine rings is 1. The maximum atomic E-state index is 13.3. The number of nitrogens with zero attached hydrogens (tertiary/aromatic N) is 3. The van der Waals surface area contributed by atoms with Crippen molar-refractivity contribution in [1.29, 1.82) is 0 Å². The van der Waals surface area contributed by atoms with Gasteiger partial charge in [-0.1, -0.05) is 6.07 Å². The Morgan fingerprint density at radius 2 is 1.76 bits per heavy atom. The summed E-state index contributed by atoms with van der Waals surface area (Å²) < 4.78 is 12.6. The summed E-state index contributed by atoms with van der Waals surface area (Å²) in [6, 6.07) is 13.5. The third-order valence-electron chi connectivity index (χ3n) is 5.85. The first-order valence-corrected chi connectivity index (χ1v) is 10.8. The van der Waals surface area contributed by atoms with E-state index in [0.29, 0.717) is 29.3 Å². The van der Waals surface area contributed by atoms with Gasteiger partial charge in [0.15, 0.2) is 5.65 Å². The second-order valence-electron chi connectivity index (χ2n) is 8.14. The van der Waals surface area contributed by atoms with Crippen LogP contribution in [0.25, 0.3) is 16.7 Å². The van der Waals surface area contributed by atoms with E-state index >= 15 is 0 Å². The smallest absolute Gasteiger partial charge is 0.252 e. The fraction of sp³-hybridized carbons (Fsp3) is 0.269. The number of ether oxygens (including phenoxy) is 2. The van der Waals surface area contributed by atoms with Gasteiger partial charge in [0, 0.05) is 17.8 Å². The van der Waals surface area contributed by atoms with Gasteiger partial charge in [-0.05, 0) is 75.2 Å². The highest BCUT2D eigenvalue weighted by Gasteiger charge is 2.20. The van der Waals surface area contributed by atoms with Gasteiger partial charge >= 0.3 is 0 Å². The third-order valence-corrected chi connectivity index (χ3v) is 5.85. The molecule has 0 aliphatic rings. The molecule has 4 aromatic rings. The van der Waals surface area contributed by atoms with E-state index in [0.717, 1.165) is 28.0 Å². The quantitative estimate of drug-likeness (QED) is 0.470. The SMILES string of the molecule is COc1ccc(OC)c(CNC(=O)c2cc(C)nc3c2c(C)nn3-c2ccc(C)c(C)c2)c1. The number of aryl methyl sites for hydroxylation is 4. The Labute approximate surface area is 193 Å². The van der Waals surface area contributed by atoms with Crippen LogP contribution < -0.4 is 14.8 Å². The summed E-state index contributed by atoms with van der Waals surface area (Å²) in [5.41, 5.74) is 6.84. The number of carbonyl (C=O) groups is 1. The topological polar surface area (TPSA) is 78.3 Å². The molecule has 0 aliphatic carbocycles. The Balaban J connectivity index is 1.72. The number of aromatic nitrogens is 3. The van der Waals surface area contributed by atoms with Crippen molar-refractivity contribution in [3.8, 4) is 17.2 Å². The number of nitrogens with one attached hydrogen (secondary N) is 1. The van der Waals surface area contributed by atoms with Crippen LogP contribution in [-0.2, 0) is 6.54 Å². The molecule has 2 heterocycles. The summed E-state index contributed by atoms with van der Waals surface area (Å²) in [5.74, 6) is 1.19. The van der Waals surface area contributed by atoms with Gasteiger partial charge in [-0.25, -0.2) is 9.67 Å². The number of benzene rings is 2. The lowest BCUT2D eigenvalue weighted by Crippen LogP contribution is -2.23. The average molecular weight is 445 g/mol. The van der Waals surface area contributed by atoms with E-state index in [9.17, 15) is 4.79 Å². The first-order valence-electron chi connectivity index (χ1n) is 10.8. The van der Waals surface area contributed by atoms with E-state index in [1.807, 2.05) is 42.8 Å². The Hall–Kier alpha value is -3.87. The van der Waals surface area contributed by atoms with Crippen molar-refractivity contribution in [3.63, 3.8) is 0 Å². The highest BCUT2D eigenvalue weighted by molar-refractivity contribution is 6.06. The van der Waals surface area contributed by atoms with Gasteiger partial charge in [-0.15, -0.1) is 0 Å². The molecule has 0 unspecified atom stereocenters. The molecular weight excluding hydrogens is 416 g/mol. The molecule has 7 heteroatoms. The molecule has 4 rings (SSSR count). The van der Waals surface area contributed by atoms with Crippen molar-refractivity contribution in [3.05, 3.63) is 76.1 Å². The van der Waals surface area contributed by atoms with Crippen LogP contribution in [0.3, 0.4) is 0 Å². The Morgan fingerprint density at radius 1 is 0.970 bits per heavy atom. The standard InChI is InChI=1S/C26H28N4O3/c1-15-7-8-20(11-16(15)2)30-25-24(18(4)29-30)22(12-17(3)28-25)26(31)27-14-19-13-21(32-5)9-10-23(19)33-6/h7-13H,14H2,1-6H3,(H,27,31). The molecule has 2 aromatic carbocycles. The van der Waals surface area contributed by atoms with Crippen LogP contribution in [0.2, 0.25) is 0 Å². The molecule has 0 saturated carbocycles. The van der Waals surface area contributed by atoms with Crippen LogP contribution in [0.15, 0.2) is 42.5 Å². The van der Waals surface area contributed by atoms with Crippen LogP contribution in [0, 0.1) is 27.7 Å². The van der Waals surface area contributed by atoms with Crippen molar-refractivity contribution >= 4 is 16.9 Å². The minimum absolute atomic E-state index is 0.196. The van der Waals surface area contributed by atoms with E-state index in [-0.39, 0.29) is 5.91 Å². The minimum atomic E-state index is -0.196. The van der Waals surface area contributed by atoms with E-state index in [4.69, 9.17) is 19.6 Å². The predicted molar refractivity (Wildman–Crippen MR) is 129 cm³/mol. The number of rotatable bonds is 6. The average Bonchev–Trinajstić information content (AvgIpc) is 3.14. The molecule has 0 saturated heterocycles. The van der Waals surface area contributed by atoms with Gasteiger partial charge < -0.3 is 14.8 Å². The summed E-state index contributed by atoms with van der Waals surface area (Å²) in [7, 11) is 3.21. The summed E-state index contributed by atoms with van der Waals surface area (Å²) >= 11 is 0. The molecule has 1 N–H and O–H groups in total. The van der Waals surface area contributed by atoms with Gasteiger partial charge in [-0.2, -0.15) is 5.10 Å². The summed E-state index contributed by atoms with van der Waals surface area (Å²) in [4.78, 5) is 18.0. The molecule has 0 atom stereocenters. The van der Waals surface area contributed by atoms with Crippen LogP contribution in [0.1, 0.15) is 38.4 Å². The molecule has 7 nitrogen and oxygen atoms in total. The number of hydrogen-bond donors (Lipinski definition) is 1. The van der Waals surface area contributed by atoms with Crippen molar-refractivity contribution in [2.75, 3.05) is 14.2 Å². The minimum Gasteiger partial charge on any atom is -0.497 e. The Morgan fingerprint density at radius 3 is 2.45 bits per heavy atom. The summed E-state index contributed by atoms with van der Waals surface area (Å²) in [6.45, 7) is 8.23. The maximum absolute atomic E-state index is 13.3. The number of amides is 1.